The fourth-order valence-electron chi connectivity index (χ4n) is 1.78. The Hall–Kier alpha value is -0.660. The average molecular weight is 273 g/mol. The summed E-state index contributed by atoms with van der Waals surface area (Å²) in [5.74, 6) is 1.17. The number of rotatable bonds is 5. The number of hydrogen-bond donors (Lipinski definition) is 0. The van der Waals surface area contributed by atoms with E-state index in [1.807, 2.05) is 6.07 Å². The zero-order valence-corrected chi connectivity index (χ0v) is 12.0. The molecule has 0 N–H and O–H groups in total. The molecule has 0 aliphatic heterocycles. The number of halogens is 2. The Morgan fingerprint density at radius 2 is 2.06 bits per heavy atom. The Morgan fingerprint density at radius 1 is 1.35 bits per heavy atom. The molecule has 1 atom stereocenters. The summed E-state index contributed by atoms with van der Waals surface area (Å²) in [7, 11) is 1.63. The van der Waals surface area contributed by atoms with Gasteiger partial charge in [-0.1, -0.05) is 49.2 Å². The first kappa shape index (κ1) is 14.4. The number of allylic oxidation sites excluding steroid dienone is 2. The van der Waals surface area contributed by atoms with E-state index in [9.17, 15) is 0 Å². The van der Waals surface area contributed by atoms with Crippen molar-refractivity contribution in [2.24, 2.45) is 5.92 Å². The molecule has 0 radical (unpaired) electrons. The lowest BCUT2D eigenvalue weighted by molar-refractivity contribution is 0.408. The molecule has 94 valence electrons. The lowest BCUT2D eigenvalue weighted by Crippen LogP contribution is -2.00. The molecule has 0 amide bonds. The van der Waals surface area contributed by atoms with Gasteiger partial charge < -0.3 is 4.74 Å². The summed E-state index contributed by atoms with van der Waals surface area (Å²) in [6.45, 7) is 4.29. The van der Waals surface area contributed by atoms with Gasteiger partial charge in [-0.3, -0.25) is 0 Å². The number of benzene rings is 1. The van der Waals surface area contributed by atoms with Crippen molar-refractivity contribution in [3.63, 3.8) is 0 Å². The molecule has 0 saturated heterocycles. The van der Waals surface area contributed by atoms with Crippen LogP contribution >= 0.6 is 23.2 Å². The highest BCUT2D eigenvalue weighted by molar-refractivity contribution is 6.35. The van der Waals surface area contributed by atoms with Crippen LogP contribution in [0.25, 0.3) is 0 Å². The second-order valence-electron chi connectivity index (χ2n) is 4.10. The highest BCUT2D eigenvalue weighted by Crippen LogP contribution is 2.33. The predicted molar refractivity (Wildman–Crippen MR) is 75.3 cm³/mol. The average Bonchev–Trinajstić information content (AvgIpc) is 2.25. The van der Waals surface area contributed by atoms with E-state index in [0.717, 1.165) is 24.2 Å². The van der Waals surface area contributed by atoms with Crippen LogP contribution in [0.2, 0.25) is 10.0 Å². The molecule has 0 bridgehead atoms. The zero-order chi connectivity index (χ0) is 12.8. The van der Waals surface area contributed by atoms with Crippen molar-refractivity contribution < 1.29 is 4.74 Å². The molecule has 1 nitrogen and oxygen atoms in total. The summed E-state index contributed by atoms with van der Waals surface area (Å²) in [6, 6.07) is 3.63. The molecule has 0 saturated carbocycles. The molecular weight excluding hydrogens is 255 g/mol. The normalized spacial score (nSPS) is 13.0. The number of methoxy groups -OCH3 is 1. The minimum Gasteiger partial charge on any atom is -0.495 e. The van der Waals surface area contributed by atoms with Crippen LogP contribution in [0.1, 0.15) is 25.8 Å². The molecule has 1 aromatic rings. The molecule has 3 heteroatoms. The first-order valence-electron chi connectivity index (χ1n) is 5.77. The summed E-state index contributed by atoms with van der Waals surface area (Å²) in [5, 5.41) is 1.22. The van der Waals surface area contributed by atoms with Crippen molar-refractivity contribution in [2.45, 2.75) is 26.7 Å². The van der Waals surface area contributed by atoms with Gasteiger partial charge in [0.2, 0.25) is 0 Å². The molecule has 1 rings (SSSR count). The van der Waals surface area contributed by atoms with Crippen LogP contribution in [0, 0.1) is 5.92 Å². The summed E-state index contributed by atoms with van der Waals surface area (Å²) < 4.78 is 5.32. The van der Waals surface area contributed by atoms with Crippen molar-refractivity contribution in [3.05, 3.63) is 39.9 Å². The van der Waals surface area contributed by atoms with Crippen molar-refractivity contribution in [1.82, 2.24) is 0 Å². The van der Waals surface area contributed by atoms with Gasteiger partial charge in [0.1, 0.15) is 5.75 Å². The first-order chi connectivity index (χ1) is 8.08. The fourth-order valence-corrected chi connectivity index (χ4v) is 2.39. The van der Waals surface area contributed by atoms with Crippen LogP contribution in [0.5, 0.6) is 5.75 Å². The van der Waals surface area contributed by atoms with Gasteiger partial charge in [-0.15, -0.1) is 0 Å². The van der Waals surface area contributed by atoms with E-state index in [-0.39, 0.29) is 0 Å². The minimum atomic E-state index is 0.443. The molecule has 0 aromatic heterocycles. The van der Waals surface area contributed by atoms with Gasteiger partial charge in [0, 0.05) is 5.02 Å². The SMILES string of the molecule is CC/C=C\C(C)Cc1cc(Cl)cc(Cl)c1OC. The van der Waals surface area contributed by atoms with E-state index < -0.39 is 0 Å². The van der Waals surface area contributed by atoms with Crippen LogP contribution in [0.4, 0.5) is 0 Å². The molecule has 17 heavy (non-hydrogen) atoms. The van der Waals surface area contributed by atoms with E-state index in [1.165, 1.54) is 0 Å². The van der Waals surface area contributed by atoms with Gasteiger partial charge in [-0.05, 0) is 36.5 Å². The first-order valence-corrected chi connectivity index (χ1v) is 6.52. The second kappa shape index (κ2) is 6.93. The quantitative estimate of drug-likeness (QED) is 0.674. The van der Waals surface area contributed by atoms with Crippen molar-refractivity contribution in [2.75, 3.05) is 7.11 Å². The van der Waals surface area contributed by atoms with E-state index >= 15 is 0 Å². The minimum absolute atomic E-state index is 0.443. The number of ether oxygens (including phenoxy) is 1. The summed E-state index contributed by atoms with van der Waals surface area (Å²) >= 11 is 12.1. The lowest BCUT2D eigenvalue weighted by atomic mass is 9.99. The van der Waals surface area contributed by atoms with Gasteiger partial charge in [0.05, 0.1) is 12.1 Å². The lowest BCUT2D eigenvalue weighted by Gasteiger charge is -2.13. The van der Waals surface area contributed by atoms with Crippen LogP contribution in [-0.4, -0.2) is 7.11 Å². The maximum atomic E-state index is 6.10. The Kier molecular flexibility index (Phi) is 5.87. The van der Waals surface area contributed by atoms with E-state index in [0.29, 0.717) is 16.0 Å². The Bertz CT molecular complexity index is 399. The van der Waals surface area contributed by atoms with E-state index in [1.54, 1.807) is 13.2 Å². The number of hydrogen-bond acceptors (Lipinski definition) is 1. The molecule has 1 aromatic carbocycles. The van der Waals surface area contributed by atoms with Crippen molar-refractivity contribution in [3.8, 4) is 5.75 Å². The maximum Gasteiger partial charge on any atom is 0.140 e. The molecule has 1 unspecified atom stereocenters. The smallest absolute Gasteiger partial charge is 0.140 e. The third-order valence-corrected chi connectivity index (χ3v) is 3.03. The van der Waals surface area contributed by atoms with Gasteiger partial charge in [-0.25, -0.2) is 0 Å². The monoisotopic (exact) mass is 272 g/mol. The Morgan fingerprint density at radius 3 is 2.65 bits per heavy atom. The zero-order valence-electron chi connectivity index (χ0n) is 10.5. The molecule has 0 fully saturated rings. The summed E-state index contributed by atoms with van der Waals surface area (Å²) in [5.41, 5.74) is 1.05. The van der Waals surface area contributed by atoms with Crippen LogP contribution in [0.15, 0.2) is 24.3 Å². The third kappa shape index (κ3) is 4.25. The van der Waals surface area contributed by atoms with Crippen LogP contribution in [-0.2, 0) is 6.42 Å². The molecule has 0 aliphatic rings. The molecular formula is C14H18Cl2O. The highest BCUT2D eigenvalue weighted by Gasteiger charge is 2.11. The Labute approximate surface area is 113 Å². The van der Waals surface area contributed by atoms with Gasteiger partial charge in [0.25, 0.3) is 0 Å². The largest absolute Gasteiger partial charge is 0.495 e. The maximum absolute atomic E-state index is 6.10. The standard InChI is InChI=1S/C14H18Cl2O/c1-4-5-6-10(2)7-11-8-12(15)9-13(16)14(11)17-3/h5-6,8-10H,4,7H2,1-3H3/b6-5-. The molecule has 0 aliphatic carbocycles. The topological polar surface area (TPSA) is 9.23 Å². The second-order valence-corrected chi connectivity index (χ2v) is 4.94. The van der Waals surface area contributed by atoms with Crippen LogP contribution in [0.3, 0.4) is 0 Å². The fraction of sp³-hybridized carbons (Fsp3) is 0.429. The molecule has 0 heterocycles. The van der Waals surface area contributed by atoms with Crippen molar-refractivity contribution >= 4 is 23.2 Å². The molecule has 0 spiro atoms. The van der Waals surface area contributed by atoms with E-state index in [2.05, 4.69) is 26.0 Å². The predicted octanol–water partition coefficient (Wildman–Crippen LogP) is 5.15. The highest BCUT2D eigenvalue weighted by atomic mass is 35.5. The summed E-state index contributed by atoms with van der Waals surface area (Å²) in [6.07, 6.45) is 6.30. The van der Waals surface area contributed by atoms with Gasteiger partial charge >= 0.3 is 0 Å². The van der Waals surface area contributed by atoms with Crippen LogP contribution < -0.4 is 4.74 Å². The summed E-state index contributed by atoms with van der Waals surface area (Å²) in [4.78, 5) is 0. The van der Waals surface area contributed by atoms with Crippen molar-refractivity contribution in [1.29, 1.82) is 0 Å². The van der Waals surface area contributed by atoms with E-state index in [4.69, 9.17) is 27.9 Å². The van der Waals surface area contributed by atoms with Gasteiger partial charge in [-0.2, -0.15) is 0 Å². The third-order valence-electron chi connectivity index (χ3n) is 2.53. The van der Waals surface area contributed by atoms with Gasteiger partial charge in [0.15, 0.2) is 0 Å². The Balaban J connectivity index is 2.93.